The number of allylic oxidation sites excluding steroid dienone is 5. The third-order valence-corrected chi connectivity index (χ3v) is 6.43. The van der Waals surface area contributed by atoms with Crippen LogP contribution >= 0.6 is 11.3 Å². The molecule has 1 amide bonds. The molecule has 0 bridgehead atoms. The zero-order chi connectivity index (χ0) is 26.1. The number of carbonyl (C=O) groups is 1. The summed E-state index contributed by atoms with van der Waals surface area (Å²) in [5.41, 5.74) is 7.10. The van der Waals surface area contributed by atoms with E-state index in [9.17, 15) is 4.79 Å². The lowest BCUT2D eigenvalue weighted by molar-refractivity contribution is 0.0532. The quantitative estimate of drug-likeness (QED) is 0.338. The van der Waals surface area contributed by atoms with E-state index in [-0.39, 0.29) is 0 Å². The molecule has 0 atom stereocenters. The highest BCUT2D eigenvalue weighted by molar-refractivity contribution is 7.14. The van der Waals surface area contributed by atoms with Gasteiger partial charge in [0, 0.05) is 28.6 Å². The monoisotopic (exact) mass is 506 g/mol. The van der Waals surface area contributed by atoms with Crippen molar-refractivity contribution in [2.45, 2.75) is 72.8 Å². The molecule has 7 heteroatoms. The van der Waals surface area contributed by atoms with E-state index in [0.29, 0.717) is 6.54 Å². The minimum Gasteiger partial charge on any atom is -0.444 e. The molecule has 0 saturated heterocycles. The van der Waals surface area contributed by atoms with Gasteiger partial charge in [0.2, 0.25) is 0 Å². The fraction of sp³-hybridized carbons (Fsp3) is 0.414. The van der Waals surface area contributed by atoms with Gasteiger partial charge < -0.3 is 15.4 Å². The lowest BCUT2D eigenvalue weighted by atomic mass is 9.90. The Kier molecular flexibility index (Phi) is 9.65. The summed E-state index contributed by atoms with van der Waals surface area (Å²) < 4.78 is 5.38. The molecule has 36 heavy (non-hydrogen) atoms. The van der Waals surface area contributed by atoms with Crippen molar-refractivity contribution in [2.24, 2.45) is 4.99 Å². The minimum atomic E-state index is -0.522. The highest BCUT2D eigenvalue weighted by Crippen LogP contribution is 2.32. The van der Waals surface area contributed by atoms with Crippen LogP contribution in [0.1, 0.15) is 72.8 Å². The Bertz CT molecular complexity index is 1180. The van der Waals surface area contributed by atoms with Gasteiger partial charge in [0.05, 0.1) is 12.2 Å². The van der Waals surface area contributed by atoms with Crippen LogP contribution in [0.2, 0.25) is 0 Å². The standard InChI is InChI=1S/C29H38N4O2S/c1-7-10-21(3)30-16-15-20(2)23-13-9-14-24(17-23)26-19-36-27(33-26)32-25(22-11-8-12-22)18-31-28(34)35-29(4,5)6/h9-10,13-17,19H,7-8,11-12,18H2,1-6H3,(H,31,34)(H,32,33)/b20-15+,21-10+,30-16-. The Morgan fingerprint density at radius 3 is 2.69 bits per heavy atom. The number of thiazole rings is 1. The Balaban J connectivity index is 1.69. The lowest BCUT2D eigenvalue weighted by Crippen LogP contribution is -2.35. The van der Waals surface area contributed by atoms with Gasteiger partial charge in [-0.2, -0.15) is 0 Å². The van der Waals surface area contributed by atoms with E-state index < -0.39 is 11.7 Å². The number of hydrogen-bond donors (Lipinski definition) is 2. The Morgan fingerprint density at radius 2 is 2.03 bits per heavy atom. The first kappa shape index (κ1) is 27.4. The zero-order valence-corrected chi connectivity index (χ0v) is 23.1. The first-order valence-electron chi connectivity index (χ1n) is 12.5. The molecule has 0 spiro atoms. The maximum Gasteiger partial charge on any atom is 0.407 e. The highest BCUT2D eigenvalue weighted by atomic mass is 32.1. The first-order chi connectivity index (χ1) is 17.1. The van der Waals surface area contributed by atoms with E-state index >= 15 is 0 Å². The molecule has 0 radical (unpaired) electrons. The van der Waals surface area contributed by atoms with Crippen molar-refractivity contribution in [3.8, 4) is 11.3 Å². The number of ether oxygens (including phenoxy) is 1. The van der Waals surface area contributed by atoms with Crippen molar-refractivity contribution in [3.05, 3.63) is 64.3 Å². The molecule has 1 saturated carbocycles. The number of alkyl carbamates (subject to hydrolysis) is 1. The molecule has 3 rings (SSSR count). The number of benzene rings is 1. The van der Waals surface area contributed by atoms with Crippen molar-refractivity contribution in [1.29, 1.82) is 0 Å². The number of rotatable bonds is 9. The normalized spacial score (nSPS) is 14.6. The van der Waals surface area contributed by atoms with E-state index in [1.807, 2.05) is 40.0 Å². The number of anilines is 1. The van der Waals surface area contributed by atoms with Gasteiger partial charge in [0.25, 0.3) is 0 Å². The molecule has 0 aliphatic heterocycles. The Hall–Kier alpha value is -3.19. The third kappa shape index (κ3) is 8.48. The van der Waals surface area contributed by atoms with Crippen LogP contribution in [0.4, 0.5) is 9.93 Å². The summed E-state index contributed by atoms with van der Waals surface area (Å²) in [6, 6.07) is 8.39. The second-order valence-electron chi connectivity index (χ2n) is 9.92. The third-order valence-electron chi connectivity index (χ3n) is 5.67. The number of hydrogen-bond acceptors (Lipinski definition) is 6. The smallest absolute Gasteiger partial charge is 0.407 e. The summed E-state index contributed by atoms with van der Waals surface area (Å²) in [7, 11) is 0. The van der Waals surface area contributed by atoms with Crippen molar-refractivity contribution in [2.75, 3.05) is 11.9 Å². The molecule has 192 valence electrons. The summed E-state index contributed by atoms with van der Waals surface area (Å²) in [6.07, 6.45) is 9.83. The summed E-state index contributed by atoms with van der Waals surface area (Å²) in [6.45, 7) is 12.2. The molecule has 1 aliphatic rings. The topological polar surface area (TPSA) is 75.6 Å². The van der Waals surface area contributed by atoms with Gasteiger partial charge in [-0.15, -0.1) is 11.3 Å². The molecule has 6 nitrogen and oxygen atoms in total. The van der Waals surface area contributed by atoms with Gasteiger partial charge >= 0.3 is 6.09 Å². The van der Waals surface area contributed by atoms with Gasteiger partial charge in [0.15, 0.2) is 5.13 Å². The van der Waals surface area contributed by atoms with Gasteiger partial charge in [-0.1, -0.05) is 31.2 Å². The molecule has 1 aromatic carbocycles. The Morgan fingerprint density at radius 1 is 1.25 bits per heavy atom. The second kappa shape index (κ2) is 12.7. The fourth-order valence-electron chi connectivity index (χ4n) is 3.62. The molecular formula is C29H38N4O2S. The lowest BCUT2D eigenvalue weighted by Gasteiger charge is -2.24. The molecule has 2 aromatic rings. The molecule has 0 unspecified atom stereocenters. The number of nitrogens with zero attached hydrogens (tertiary/aromatic N) is 2. The van der Waals surface area contributed by atoms with Gasteiger partial charge in [0.1, 0.15) is 5.60 Å². The van der Waals surface area contributed by atoms with Gasteiger partial charge in [-0.25, -0.2) is 9.78 Å². The van der Waals surface area contributed by atoms with E-state index in [1.165, 1.54) is 12.0 Å². The molecule has 1 aromatic heterocycles. The number of nitrogens with one attached hydrogen (secondary N) is 2. The summed E-state index contributed by atoms with van der Waals surface area (Å²) >= 11 is 1.56. The number of amides is 1. The second-order valence-corrected chi connectivity index (χ2v) is 10.8. The Labute approximate surface area is 219 Å². The van der Waals surface area contributed by atoms with Gasteiger partial charge in [-0.05, 0) is 89.2 Å². The molecular weight excluding hydrogens is 468 g/mol. The maximum absolute atomic E-state index is 12.1. The van der Waals surface area contributed by atoms with Crippen LogP contribution in [0.3, 0.4) is 0 Å². The molecule has 1 heterocycles. The average molecular weight is 507 g/mol. The molecule has 2 N–H and O–H groups in total. The summed E-state index contributed by atoms with van der Waals surface area (Å²) in [5, 5.41) is 9.20. The first-order valence-corrected chi connectivity index (χ1v) is 13.4. The van der Waals surface area contributed by atoms with Crippen LogP contribution in [-0.2, 0) is 4.74 Å². The predicted molar refractivity (Wildman–Crippen MR) is 152 cm³/mol. The summed E-state index contributed by atoms with van der Waals surface area (Å²) in [4.78, 5) is 21.4. The SMILES string of the molecule is CC/C=C(C)/N=C\C=C(/C)c1cccc(-c2csc(NC(CNC(=O)OC(C)(C)C)=C3CCC3)n2)c1. The van der Waals surface area contributed by atoms with Crippen LogP contribution in [0.25, 0.3) is 16.8 Å². The summed E-state index contributed by atoms with van der Waals surface area (Å²) in [5.74, 6) is 0. The van der Waals surface area contributed by atoms with Crippen LogP contribution in [-0.4, -0.2) is 29.4 Å². The van der Waals surface area contributed by atoms with Crippen LogP contribution in [0.5, 0.6) is 0 Å². The van der Waals surface area contributed by atoms with E-state index in [1.54, 1.807) is 11.3 Å². The zero-order valence-electron chi connectivity index (χ0n) is 22.3. The highest BCUT2D eigenvalue weighted by Gasteiger charge is 2.19. The van der Waals surface area contributed by atoms with Crippen molar-refractivity contribution >= 4 is 34.3 Å². The maximum atomic E-state index is 12.1. The van der Waals surface area contributed by atoms with Crippen molar-refractivity contribution in [3.63, 3.8) is 0 Å². The van der Waals surface area contributed by atoms with E-state index in [2.05, 4.69) is 65.2 Å². The number of carbonyl (C=O) groups excluding carboxylic acids is 1. The van der Waals surface area contributed by atoms with E-state index in [0.717, 1.165) is 58.2 Å². The van der Waals surface area contributed by atoms with Crippen LogP contribution in [0.15, 0.2) is 63.8 Å². The predicted octanol–water partition coefficient (Wildman–Crippen LogP) is 7.97. The van der Waals surface area contributed by atoms with Gasteiger partial charge in [-0.3, -0.25) is 4.99 Å². The van der Waals surface area contributed by atoms with Crippen molar-refractivity contribution < 1.29 is 9.53 Å². The largest absolute Gasteiger partial charge is 0.444 e. The number of aliphatic imine (C=N–C) groups is 1. The average Bonchev–Trinajstić information content (AvgIpc) is 3.24. The van der Waals surface area contributed by atoms with E-state index in [4.69, 9.17) is 9.72 Å². The minimum absolute atomic E-state index is 0.396. The molecule has 1 fully saturated rings. The van der Waals surface area contributed by atoms with Crippen LogP contribution < -0.4 is 10.6 Å². The fourth-order valence-corrected chi connectivity index (χ4v) is 4.36. The van der Waals surface area contributed by atoms with Crippen LogP contribution in [0, 0.1) is 0 Å². The van der Waals surface area contributed by atoms with Crippen molar-refractivity contribution in [1.82, 2.24) is 10.3 Å². The molecule has 1 aliphatic carbocycles. The number of aromatic nitrogens is 1.